The number of aromatic nitrogens is 2. The number of aromatic amines is 1. The SMILES string of the molecule is c1ccc(-c2ccccc2-c2cnc(CCC3CCCCC3)[nH]2)cc1. The molecule has 0 spiro atoms. The van der Waals surface area contributed by atoms with Crippen LogP contribution < -0.4 is 0 Å². The molecule has 0 unspecified atom stereocenters. The van der Waals surface area contributed by atoms with Gasteiger partial charge in [0.1, 0.15) is 5.82 Å². The van der Waals surface area contributed by atoms with Gasteiger partial charge in [-0.2, -0.15) is 0 Å². The largest absolute Gasteiger partial charge is 0.342 e. The summed E-state index contributed by atoms with van der Waals surface area (Å²) in [5.41, 5.74) is 4.85. The van der Waals surface area contributed by atoms with E-state index in [1.807, 2.05) is 6.20 Å². The summed E-state index contributed by atoms with van der Waals surface area (Å²) in [6, 6.07) is 19.2. The van der Waals surface area contributed by atoms with Crippen LogP contribution in [-0.4, -0.2) is 9.97 Å². The molecule has 25 heavy (non-hydrogen) atoms. The van der Waals surface area contributed by atoms with E-state index in [1.54, 1.807) is 0 Å². The molecule has 0 bridgehead atoms. The third-order valence-electron chi connectivity index (χ3n) is 5.44. The first-order valence-electron chi connectivity index (χ1n) is 9.59. The third kappa shape index (κ3) is 3.84. The zero-order valence-corrected chi connectivity index (χ0v) is 14.7. The molecule has 2 heteroatoms. The van der Waals surface area contributed by atoms with Gasteiger partial charge >= 0.3 is 0 Å². The smallest absolute Gasteiger partial charge is 0.106 e. The summed E-state index contributed by atoms with van der Waals surface area (Å²) in [6.45, 7) is 0. The van der Waals surface area contributed by atoms with Crippen LogP contribution in [0.15, 0.2) is 60.8 Å². The lowest BCUT2D eigenvalue weighted by Gasteiger charge is -2.20. The number of aryl methyl sites for hydroxylation is 1. The molecule has 0 radical (unpaired) electrons. The van der Waals surface area contributed by atoms with Crippen molar-refractivity contribution >= 4 is 0 Å². The molecule has 1 heterocycles. The fourth-order valence-electron chi connectivity index (χ4n) is 4.03. The lowest BCUT2D eigenvalue weighted by Crippen LogP contribution is -2.07. The summed E-state index contributed by atoms with van der Waals surface area (Å²) in [5.74, 6) is 2.03. The second-order valence-corrected chi connectivity index (χ2v) is 7.20. The number of hydrogen-bond donors (Lipinski definition) is 1. The highest BCUT2D eigenvalue weighted by molar-refractivity contribution is 5.81. The first kappa shape index (κ1) is 16.1. The summed E-state index contributed by atoms with van der Waals surface area (Å²) in [6.07, 6.45) is 11.4. The first-order valence-corrected chi connectivity index (χ1v) is 9.59. The molecular weight excluding hydrogens is 304 g/mol. The molecule has 0 atom stereocenters. The minimum Gasteiger partial charge on any atom is -0.342 e. The molecule has 1 fully saturated rings. The Hall–Kier alpha value is -2.35. The van der Waals surface area contributed by atoms with Crippen LogP contribution in [0.3, 0.4) is 0 Å². The third-order valence-corrected chi connectivity index (χ3v) is 5.44. The predicted molar refractivity (Wildman–Crippen MR) is 104 cm³/mol. The van der Waals surface area contributed by atoms with Crippen molar-refractivity contribution in [3.8, 4) is 22.4 Å². The Morgan fingerprint density at radius 1 is 0.840 bits per heavy atom. The molecule has 1 aromatic heterocycles. The minimum absolute atomic E-state index is 0.902. The van der Waals surface area contributed by atoms with Crippen LogP contribution in [0, 0.1) is 5.92 Å². The maximum Gasteiger partial charge on any atom is 0.106 e. The van der Waals surface area contributed by atoms with E-state index in [2.05, 4.69) is 64.6 Å². The molecule has 2 nitrogen and oxygen atoms in total. The molecule has 1 aliphatic rings. The lowest BCUT2D eigenvalue weighted by atomic mass is 9.86. The van der Waals surface area contributed by atoms with Crippen LogP contribution in [0.2, 0.25) is 0 Å². The molecule has 0 aliphatic heterocycles. The van der Waals surface area contributed by atoms with Crippen molar-refractivity contribution in [3.05, 3.63) is 66.6 Å². The second kappa shape index (κ2) is 7.69. The van der Waals surface area contributed by atoms with Gasteiger partial charge in [0, 0.05) is 12.0 Å². The van der Waals surface area contributed by atoms with Gasteiger partial charge in [-0.15, -0.1) is 0 Å². The minimum atomic E-state index is 0.902. The summed E-state index contributed by atoms with van der Waals surface area (Å²) < 4.78 is 0. The highest BCUT2D eigenvalue weighted by Gasteiger charge is 2.14. The van der Waals surface area contributed by atoms with Crippen LogP contribution in [0.25, 0.3) is 22.4 Å². The Morgan fingerprint density at radius 2 is 1.56 bits per heavy atom. The van der Waals surface area contributed by atoms with Crippen LogP contribution in [-0.2, 0) is 6.42 Å². The average Bonchev–Trinajstić information content (AvgIpc) is 3.17. The number of imidazole rings is 1. The van der Waals surface area contributed by atoms with Gasteiger partial charge in [0.05, 0.1) is 11.9 Å². The van der Waals surface area contributed by atoms with E-state index in [-0.39, 0.29) is 0 Å². The van der Waals surface area contributed by atoms with E-state index in [0.29, 0.717) is 0 Å². The second-order valence-electron chi connectivity index (χ2n) is 7.20. The van der Waals surface area contributed by atoms with E-state index in [9.17, 15) is 0 Å². The van der Waals surface area contributed by atoms with E-state index in [4.69, 9.17) is 0 Å². The number of nitrogens with zero attached hydrogens (tertiary/aromatic N) is 1. The van der Waals surface area contributed by atoms with Gasteiger partial charge in [0.25, 0.3) is 0 Å². The molecule has 128 valence electrons. The summed E-state index contributed by atoms with van der Waals surface area (Å²) in [7, 11) is 0. The van der Waals surface area contributed by atoms with E-state index in [0.717, 1.165) is 23.9 Å². The molecule has 1 saturated carbocycles. The van der Waals surface area contributed by atoms with E-state index >= 15 is 0 Å². The molecule has 3 aromatic rings. The molecule has 1 aliphatic carbocycles. The predicted octanol–water partition coefficient (Wildman–Crippen LogP) is 6.26. The Labute approximate surface area is 150 Å². The Morgan fingerprint density at radius 3 is 2.36 bits per heavy atom. The molecule has 1 N–H and O–H groups in total. The topological polar surface area (TPSA) is 28.7 Å². The Kier molecular flexibility index (Phi) is 4.96. The van der Waals surface area contributed by atoms with E-state index < -0.39 is 0 Å². The zero-order valence-electron chi connectivity index (χ0n) is 14.7. The van der Waals surface area contributed by atoms with Gasteiger partial charge in [0.2, 0.25) is 0 Å². The number of hydrogen-bond acceptors (Lipinski definition) is 1. The van der Waals surface area contributed by atoms with Gasteiger partial charge in [0.15, 0.2) is 0 Å². The fourth-order valence-corrected chi connectivity index (χ4v) is 4.03. The zero-order chi connectivity index (χ0) is 16.9. The van der Waals surface area contributed by atoms with Crippen LogP contribution in [0.1, 0.15) is 44.3 Å². The van der Waals surface area contributed by atoms with Gasteiger partial charge in [-0.05, 0) is 23.5 Å². The first-order chi connectivity index (χ1) is 12.4. The van der Waals surface area contributed by atoms with Gasteiger partial charge < -0.3 is 4.98 Å². The van der Waals surface area contributed by atoms with Gasteiger partial charge in [-0.25, -0.2) is 4.98 Å². The molecular formula is C23H26N2. The van der Waals surface area contributed by atoms with Crippen molar-refractivity contribution in [2.45, 2.75) is 44.9 Å². The van der Waals surface area contributed by atoms with E-state index in [1.165, 1.54) is 55.2 Å². The monoisotopic (exact) mass is 330 g/mol. The highest BCUT2D eigenvalue weighted by Crippen LogP contribution is 2.31. The lowest BCUT2D eigenvalue weighted by molar-refractivity contribution is 0.337. The molecule has 0 amide bonds. The molecule has 2 aromatic carbocycles. The summed E-state index contributed by atoms with van der Waals surface area (Å²) in [4.78, 5) is 8.22. The average molecular weight is 330 g/mol. The van der Waals surface area contributed by atoms with Crippen molar-refractivity contribution < 1.29 is 0 Å². The number of benzene rings is 2. The Balaban J connectivity index is 1.52. The molecule has 0 saturated heterocycles. The van der Waals surface area contributed by atoms with Crippen molar-refractivity contribution in [2.24, 2.45) is 5.92 Å². The summed E-state index contributed by atoms with van der Waals surface area (Å²) >= 11 is 0. The number of rotatable bonds is 5. The van der Waals surface area contributed by atoms with Crippen molar-refractivity contribution in [1.29, 1.82) is 0 Å². The maximum absolute atomic E-state index is 4.66. The van der Waals surface area contributed by atoms with Crippen molar-refractivity contribution in [1.82, 2.24) is 9.97 Å². The highest BCUT2D eigenvalue weighted by atomic mass is 14.9. The van der Waals surface area contributed by atoms with Gasteiger partial charge in [-0.3, -0.25) is 0 Å². The van der Waals surface area contributed by atoms with Crippen molar-refractivity contribution in [3.63, 3.8) is 0 Å². The summed E-state index contributed by atoms with van der Waals surface area (Å²) in [5, 5.41) is 0. The van der Waals surface area contributed by atoms with Crippen molar-refractivity contribution in [2.75, 3.05) is 0 Å². The van der Waals surface area contributed by atoms with Gasteiger partial charge in [-0.1, -0.05) is 86.7 Å². The van der Waals surface area contributed by atoms with Crippen LogP contribution >= 0.6 is 0 Å². The maximum atomic E-state index is 4.66. The number of nitrogens with one attached hydrogen (secondary N) is 1. The standard InChI is InChI=1S/C23H26N2/c1-3-9-18(10-4-1)15-16-23-24-17-22(25-23)21-14-8-7-13-20(21)19-11-5-2-6-12-19/h2,5-8,11-14,17-18H,1,3-4,9-10,15-16H2,(H,24,25). The number of H-pyrrole nitrogens is 1. The normalized spacial score (nSPS) is 15.4. The molecule has 4 rings (SSSR count). The van der Waals surface area contributed by atoms with Crippen LogP contribution in [0.5, 0.6) is 0 Å². The Bertz CT molecular complexity index is 798. The fraction of sp³-hybridized carbons (Fsp3) is 0.348. The van der Waals surface area contributed by atoms with Crippen LogP contribution in [0.4, 0.5) is 0 Å². The quantitative estimate of drug-likeness (QED) is 0.588.